The Balaban J connectivity index is 1.67. The van der Waals surface area contributed by atoms with Crippen molar-refractivity contribution in [1.82, 2.24) is 15.2 Å². The van der Waals surface area contributed by atoms with E-state index in [9.17, 15) is 0 Å². The van der Waals surface area contributed by atoms with E-state index in [1.165, 1.54) is 30.5 Å². The zero-order valence-corrected chi connectivity index (χ0v) is 13.3. The van der Waals surface area contributed by atoms with Crippen LogP contribution in [0, 0.1) is 0 Å². The minimum atomic E-state index is 0.355. The lowest BCUT2D eigenvalue weighted by atomic mass is 9.73. The highest BCUT2D eigenvalue weighted by molar-refractivity contribution is 5.40. The number of nitrogens with two attached hydrogens (primary N) is 1. The maximum absolute atomic E-state index is 5.91. The molecule has 0 bridgehead atoms. The van der Waals surface area contributed by atoms with Gasteiger partial charge in [0.05, 0.1) is 0 Å². The second kappa shape index (κ2) is 6.44. The van der Waals surface area contributed by atoms with Gasteiger partial charge in [-0.05, 0) is 63.5 Å². The zero-order chi connectivity index (χ0) is 14.8. The van der Waals surface area contributed by atoms with E-state index >= 15 is 0 Å². The van der Waals surface area contributed by atoms with Crippen LogP contribution in [0.5, 0.6) is 0 Å². The van der Waals surface area contributed by atoms with E-state index in [2.05, 4.69) is 53.6 Å². The molecule has 0 aromatic heterocycles. The Morgan fingerprint density at radius 2 is 2.10 bits per heavy atom. The highest BCUT2D eigenvalue weighted by atomic mass is 15.3. The second-order valence-corrected chi connectivity index (χ2v) is 6.77. The van der Waals surface area contributed by atoms with E-state index in [1.54, 1.807) is 0 Å². The number of rotatable bonds is 4. The van der Waals surface area contributed by atoms with Crippen LogP contribution >= 0.6 is 0 Å². The monoisotopic (exact) mass is 288 g/mol. The standard InChI is InChI=1S/C17H28N4/c1-20-8-5-9-21(2)17(12-20)16(19-18)11-14-10-13-6-3-4-7-15(13)14/h3-4,6-7,14,16-17,19H,5,8-12,18H2,1-2H3. The van der Waals surface area contributed by atoms with Crippen LogP contribution in [0.2, 0.25) is 0 Å². The molecule has 3 rings (SSSR count). The SMILES string of the molecule is CN1CCCN(C)C(C(CC2Cc3ccccc32)NN)C1. The number of nitrogens with zero attached hydrogens (tertiary/aromatic N) is 2. The molecule has 1 saturated heterocycles. The maximum atomic E-state index is 5.91. The molecule has 1 heterocycles. The Hall–Kier alpha value is -0.940. The van der Waals surface area contributed by atoms with E-state index in [0.29, 0.717) is 18.0 Å². The Kier molecular flexibility index (Phi) is 4.60. The van der Waals surface area contributed by atoms with Crippen LogP contribution in [-0.2, 0) is 6.42 Å². The molecular weight excluding hydrogens is 260 g/mol. The molecule has 116 valence electrons. The van der Waals surface area contributed by atoms with Crippen molar-refractivity contribution >= 4 is 0 Å². The van der Waals surface area contributed by atoms with Crippen molar-refractivity contribution in [2.45, 2.75) is 37.3 Å². The molecule has 0 saturated carbocycles. The van der Waals surface area contributed by atoms with Gasteiger partial charge in [0.1, 0.15) is 0 Å². The lowest BCUT2D eigenvalue weighted by Crippen LogP contribution is -2.55. The van der Waals surface area contributed by atoms with Gasteiger partial charge in [0.2, 0.25) is 0 Å². The van der Waals surface area contributed by atoms with E-state index in [1.807, 2.05) is 0 Å². The summed E-state index contributed by atoms with van der Waals surface area (Å²) in [5, 5.41) is 0. The van der Waals surface area contributed by atoms with Crippen molar-refractivity contribution in [3.05, 3.63) is 35.4 Å². The minimum Gasteiger partial charge on any atom is -0.305 e. The van der Waals surface area contributed by atoms with Crippen LogP contribution in [0.15, 0.2) is 24.3 Å². The van der Waals surface area contributed by atoms with E-state index in [-0.39, 0.29) is 0 Å². The summed E-state index contributed by atoms with van der Waals surface area (Å²) in [6.45, 7) is 3.44. The number of benzene rings is 1. The molecule has 3 N–H and O–H groups in total. The smallest absolute Gasteiger partial charge is 0.0387 e. The fourth-order valence-corrected chi connectivity index (χ4v) is 3.96. The van der Waals surface area contributed by atoms with E-state index in [4.69, 9.17) is 5.84 Å². The predicted octanol–water partition coefficient (Wildman–Crippen LogP) is 1.18. The molecule has 3 atom stereocenters. The van der Waals surface area contributed by atoms with Crippen molar-refractivity contribution in [3.63, 3.8) is 0 Å². The summed E-state index contributed by atoms with van der Waals surface area (Å²) in [6.07, 6.45) is 3.59. The topological polar surface area (TPSA) is 44.5 Å². The number of hydrogen-bond donors (Lipinski definition) is 2. The normalized spacial score (nSPS) is 28.5. The van der Waals surface area contributed by atoms with Gasteiger partial charge in [-0.1, -0.05) is 24.3 Å². The Labute approximate surface area is 128 Å². The molecule has 3 unspecified atom stereocenters. The van der Waals surface area contributed by atoms with Crippen LogP contribution in [0.25, 0.3) is 0 Å². The first-order valence-corrected chi connectivity index (χ1v) is 8.11. The first-order valence-electron chi connectivity index (χ1n) is 8.11. The summed E-state index contributed by atoms with van der Waals surface area (Å²) in [5.74, 6) is 6.58. The number of hydrogen-bond acceptors (Lipinski definition) is 4. The van der Waals surface area contributed by atoms with Crippen LogP contribution in [0.1, 0.15) is 29.9 Å². The van der Waals surface area contributed by atoms with Crippen molar-refractivity contribution in [2.75, 3.05) is 33.7 Å². The molecule has 1 aromatic rings. The summed E-state index contributed by atoms with van der Waals surface area (Å²) in [4.78, 5) is 4.92. The van der Waals surface area contributed by atoms with Gasteiger partial charge >= 0.3 is 0 Å². The molecule has 21 heavy (non-hydrogen) atoms. The van der Waals surface area contributed by atoms with Crippen molar-refractivity contribution in [3.8, 4) is 0 Å². The highest BCUT2D eigenvalue weighted by Gasteiger charge is 2.33. The molecule has 1 aromatic carbocycles. The van der Waals surface area contributed by atoms with Gasteiger partial charge in [0.15, 0.2) is 0 Å². The molecule has 0 spiro atoms. The van der Waals surface area contributed by atoms with Crippen molar-refractivity contribution in [2.24, 2.45) is 5.84 Å². The molecule has 1 fully saturated rings. The molecule has 1 aliphatic heterocycles. The fourth-order valence-electron chi connectivity index (χ4n) is 3.96. The number of likely N-dealkylation sites (N-methyl/N-ethyl adjacent to an activating group) is 2. The molecule has 0 amide bonds. The highest BCUT2D eigenvalue weighted by Crippen LogP contribution is 2.38. The van der Waals surface area contributed by atoms with Gasteiger partial charge < -0.3 is 9.80 Å². The third-order valence-corrected chi connectivity index (χ3v) is 5.29. The molecule has 4 heteroatoms. The number of nitrogens with one attached hydrogen (secondary N) is 1. The maximum Gasteiger partial charge on any atom is 0.0387 e. The third-order valence-electron chi connectivity index (χ3n) is 5.29. The van der Waals surface area contributed by atoms with Crippen LogP contribution in [-0.4, -0.2) is 55.6 Å². The lowest BCUT2D eigenvalue weighted by molar-refractivity contribution is 0.166. The Morgan fingerprint density at radius 1 is 1.29 bits per heavy atom. The lowest BCUT2D eigenvalue weighted by Gasteiger charge is -2.39. The largest absolute Gasteiger partial charge is 0.305 e. The molecular formula is C17H28N4. The predicted molar refractivity (Wildman–Crippen MR) is 87.1 cm³/mol. The average molecular weight is 288 g/mol. The molecule has 0 radical (unpaired) electrons. The Bertz CT molecular complexity index is 476. The zero-order valence-electron chi connectivity index (χ0n) is 13.3. The van der Waals surface area contributed by atoms with Gasteiger partial charge in [0.25, 0.3) is 0 Å². The minimum absolute atomic E-state index is 0.355. The Morgan fingerprint density at radius 3 is 2.86 bits per heavy atom. The molecule has 1 aliphatic carbocycles. The molecule has 4 nitrogen and oxygen atoms in total. The van der Waals surface area contributed by atoms with Gasteiger partial charge in [-0.25, -0.2) is 0 Å². The van der Waals surface area contributed by atoms with Gasteiger partial charge in [-0.15, -0.1) is 0 Å². The summed E-state index contributed by atoms with van der Waals surface area (Å²) in [6, 6.07) is 9.68. The number of fused-ring (bicyclic) bond motifs is 1. The first kappa shape index (κ1) is 15.0. The van der Waals surface area contributed by atoms with E-state index < -0.39 is 0 Å². The summed E-state index contributed by atoms with van der Waals surface area (Å²) in [7, 11) is 4.46. The quantitative estimate of drug-likeness (QED) is 0.645. The van der Waals surface area contributed by atoms with E-state index in [0.717, 1.165) is 19.5 Å². The average Bonchev–Trinajstić information content (AvgIpc) is 2.62. The van der Waals surface area contributed by atoms with Crippen molar-refractivity contribution < 1.29 is 0 Å². The number of hydrazine groups is 1. The summed E-state index contributed by atoms with van der Waals surface area (Å²) < 4.78 is 0. The van der Waals surface area contributed by atoms with Gasteiger partial charge in [-0.3, -0.25) is 11.3 Å². The second-order valence-electron chi connectivity index (χ2n) is 6.77. The summed E-state index contributed by atoms with van der Waals surface area (Å²) in [5.41, 5.74) is 6.16. The molecule has 2 aliphatic rings. The van der Waals surface area contributed by atoms with Gasteiger partial charge in [0, 0.05) is 18.6 Å². The van der Waals surface area contributed by atoms with Crippen molar-refractivity contribution in [1.29, 1.82) is 0 Å². The van der Waals surface area contributed by atoms with Crippen LogP contribution in [0.4, 0.5) is 0 Å². The fraction of sp³-hybridized carbons (Fsp3) is 0.647. The summed E-state index contributed by atoms with van der Waals surface area (Å²) >= 11 is 0. The van der Waals surface area contributed by atoms with Crippen LogP contribution in [0.3, 0.4) is 0 Å². The third kappa shape index (κ3) is 3.14. The first-order chi connectivity index (χ1) is 10.2. The van der Waals surface area contributed by atoms with Gasteiger partial charge in [-0.2, -0.15) is 0 Å². The van der Waals surface area contributed by atoms with Crippen LogP contribution < -0.4 is 11.3 Å².